The van der Waals surface area contributed by atoms with Gasteiger partial charge in [-0.05, 0) is 18.6 Å². The summed E-state index contributed by atoms with van der Waals surface area (Å²) in [6.45, 7) is 1.16. The molecule has 0 aliphatic heterocycles. The molecule has 5 heteroatoms. The highest BCUT2D eigenvalue weighted by atomic mass is 19.2. The number of carboxylic acid groups (broad SMARTS) is 1. The number of rotatable bonds is 1. The van der Waals surface area contributed by atoms with Crippen molar-refractivity contribution in [3.05, 3.63) is 34.6 Å². The van der Waals surface area contributed by atoms with Crippen molar-refractivity contribution in [1.82, 2.24) is 0 Å². The van der Waals surface area contributed by atoms with Gasteiger partial charge in [0.15, 0.2) is 11.6 Å². The van der Waals surface area contributed by atoms with Gasteiger partial charge >= 0.3 is 5.97 Å². The summed E-state index contributed by atoms with van der Waals surface area (Å²) in [5.41, 5.74) is -1.49. The first kappa shape index (κ1) is 9.57. The number of halogens is 3. The van der Waals surface area contributed by atoms with Crippen LogP contribution in [0.25, 0.3) is 0 Å². The third kappa shape index (κ3) is 1.49. The zero-order chi connectivity index (χ0) is 10.2. The lowest BCUT2D eigenvalue weighted by atomic mass is 10.1. The molecule has 0 aliphatic rings. The van der Waals surface area contributed by atoms with Gasteiger partial charge in [0.2, 0.25) is 0 Å². The molecular weight excluding hydrogens is 185 g/mol. The number of carbonyl (C=O) groups is 1. The number of carboxylic acids is 1. The first-order valence-electron chi connectivity index (χ1n) is 3.32. The average Bonchev–Trinajstić information content (AvgIpc) is 2.01. The third-order valence-corrected chi connectivity index (χ3v) is 1.55. The summed E-state index contributed by atoms with van der Waals surface area (Å²) in [5, 5.41) is 8.35. The summed E-state index contributed by atoms with van der Waals surface area (Å²) in [5.74, 6) is -6.10. The van der Waals surface area contributed by atoms with Crippen LogP contribution in [0.3, 0.4) is 0 Å². The number of hydrogen-bond donors (Lipinski definition) is 1. The molecule has 1 aromatic carbocycles. The zero-order valence-corrected chi connectivity index (χ0v) is 6.57. The highest BCUT2D eigenvalue weighted by Gasteiger charge is 2.21. The Labute approximate surface area is 71.6 Å². The molecule has 70 valence electrons. The Bertz CT molecular complexity index is 348. The third-order valence-electron chi connectivity index (χ3n) is 1.55. The molecule has 0 bridgehead atoms. The van der Waals surface area contributed by atoms with E-state index in [9.17, 15) is 18.0 Å². The molecule has 0 atom stereocenters. The molecule has 2 nitrogen and oxygen atoms in total. The minimum absolute atomic E-state index is 0.240. The maximum atomic E-state index is 12.9. The fourth-order valence-corrected chi connectivity index (χ4v) is 0.918. The van der Waals surface area contributed by atoms with Gasteiger partial charge in [0.05, 0.1) is 0 Å². The second kappa shape index (κ2) is 3.08. The van der Waals surface area contributed by atoms with E-state index >= 15 is 0 Å². The van der Waals surface area contributed by atoms with E-state index in [1.54, 1.807) is 0 Å². The van der Waals surface area contributed by atoms with E-state index < -0.39 is 29.0 Å². The Morgan fingerprint density at radius 2 is 1.85 bits per heavy atom. The standard InChI is InChI=1S/C8H5F3O2/c1-3-2-4(9)7(11)5(6(3)10)8(12)13/h2H,1H3,(H,12,13). The van der Waals surface area contributed by atoms with Crippen LogP contribution in [0, 0.1) is 24.4 Å². The van der Waals surface area contributed by atoms with Gasteiger partial charge in [-0.2, -0.15) is 0 Å². The van der Waals surface area contributed by atoms with Gasteiger partial charge in [0, 0.05) is 0 Å². The van der Waals surface area contributed by atoms with Crippen LogP contribution in [0.1, 0.15) is 15.9 Å². The van der Waals surface area contributed by atoms with E-state index in [4.69, 9.17) is 5.11 Å². The van der Waals surface area contributed by atoms with Gasteiger partial charge in [0.1, 0.15) is 11.4 Å². The van der Waals surface area contributed by atoms with Crippen molar-refractivity contribution >= 4 is 5.97 Å². The van der Waals surface area contributed by atoms with Crippen LogP contribution in [-0.4, -0.2) is 11.1 Å². The summed E-state index contributed by atoms with van der Waals surface area (Å²) in [6, 6.07) is 0.608. The summed E-state index contributed by atoms with van der Waals surface area (Å²) in [7, 11) is 0. The predicted molar refractivity (Wildman–Crippen MR) is 38.0 cm³/mol. The van der Waals surface area contributed by atoms with Crippen LogP contribution >= 0.6 is 0 Å². The lowest BCUT2D eigenvalue weighted by molar-refractivity contribution is 0.0684. The molecule has 0 heterocycles. The largest absolute Gasteiger partial charge is 0.477 e. The summed E-state index contributed by atoms with van der Waals surface area (Å²) < 4.78 is 38.2. The smallest absolute Gasteiger partial charge is 0.341 e. The Kier molecular flexibility index (Phi) is 2.27. The van der Waals surface area contributed by atoms with Gasteiger partial charge in [-0.1, -0.05) is 0 Å². The van der Waals surface area contributed by atoms with E-state index in [1.165, 1.54) is 0 Å². The summed E-state index contributed by atoms with van der Waals surface area (Å²) in [6.07, 6.45) is 0. The fraction of sp³-hybridized carbons (Fsp3) is 0.125. The molecule has 1 aromatic rings. The van der Waals surface area contributed by atoms with Crippen molar-refractivity contribution in [2.75, 3.05) is 0 Å². The van der Waals surface area contributed by atoms with Gasteiger partial charge in [-0.15, -0.1) is 0 Å². The molecule has 0 spiro atoms. The molecule has 0 radical (unpaired) electrons. The van der Waals surface area contributed by atoms with E-state index in [0.29, 0.717) is 6.07 Å². The molecule has 0 fully saturated rings. The van der Waals surface area contributed by atoms with Crippen LogP contribution in [0.15, 0.2) is 6.07 Å². The van der Waals surface area contributed by atoms with E-state index in [-0.39, 0.29) is 5.56 Å². The Hall–Kier alpha value is -1.52. The molecule has 0 saturated carbocycles. The number of hydrogen-bond acceptors (Lipinski definition) is 1. The van der Waals surface area contributed by atoms with Crippen LogP contribution < -0.4 is 0 Å². The van der Waals surface area contributed by atoms with Gasteiger partial charge in [0.25, 0.3) is 0 Å². The Morgan fingerprint density at radius 1 is 1.31 bits per heavy atom. The molecule has 1 N–H and O–H groups in total. The van der Waals surface area contributed by atoms with E-state index in [1.807, 2.05) is 0 Å². The van der Waals surface area contributed by atoms with Crippen LogP contribution in [0.2, 0.25) is 0 Å². The zero-order valence-electron chi connectivity index (χ0n) is 6.57. The van der Waals surface area contributed by atoms with Crippen LogP contribution in [0.5, 0.6) is 0 Å². The van der Waals surface area contributed by atoms with Gasteiger partial charge in [-0.25, -0.2) is 18.0 Å². The molecule has 13 heavy (non-hydrogen) atoms. The van der Waals surface area contributed by atoms with Crippen LogP contribution in [-0.2, 0) is 0 Å². The maximum Gasteiger partial charge on any atom is 0.341 e. The van der Waals surface area contributed by atoms with Crippen molar-refractivity contribution in [3.63, 3.8) is 0 Å². The second-order valence-electron chi connectivity index (χ2n) is 2.48. The molecule has 1 rings (SSSR count). The highest BCUT2D eigenvalue weighted by molar-refractivity contribution is 5.88. The van der Waals surface area contributed by atoms with E-state index in [2.05, 4.69) is 0 Å². The monoisotopic (exact) mass is 190 g/mol. The molecule has 0 unspecified atom stereocenters. The van der Waals surface area contributed by atoms with E-state index in [0.717, 1.165) is 6.92 Å². The van der Waals surface area contributed by atoms with Crippen molar-refractivity contribution in [2.24, 2.45) is 0 Å². The van der Waals surface area contributed by atoms with Crippen molar-refractivity contribution in [1.29, 1.82) is 0 Å². The van der Waals surface area contributed by atoms with Crippen molar-refractivity contribution in [3.8, 4) is 0 Å². The normalized spacial score (nSPS) is 10.2. The van der Waals surface area contributed by atoms with Gasteiger partial charge in [-0.3, -0.25) is 0 Å². The summed E-state index contributed by atoms with van der Waals surface area (Å²) in [4.78, 5) is 10.3. The Balaban J connectivity index is 3.56. The van der Waals surface area contributed by atoms with Crippen molar-refractivity contribution in [2.45, 2.75) is 6.92 Å². The SMILES string of the molecule is Cc1cc(F)c(F)c(C(=O)O)c1F. The first-order chi connectivity index (χ1) is 5.95. The Morgan fingerprint density at radius 3 is 2.31 bits per heavy atom. The topological polar surface area (TPSA) is 37.3 Å². The molecule has 0 aliphatic carbocycles. The quantitative estimate of drug-likeness (QED) is 0.688. The number of benzene rings is 1. The molecule has 0 aromatic heterocycles. The first-order valence-corrected chi connectivity index (χ1v) is 3.32. The number of aryl methyl sites for hydroxylation is 1. The molecule has 0 amide bonds. The predicted octanol–water partition coefficient (Wildman–Crippen LogP) is 2.11. The average molecular weight is 190 g/mol. The molecular formula is C8H5F3O2. The lowest BCUT2D eigenvalue weighted by Crippen LogP contribution is -2.08. The van der Waals surface area contributed by atoms with Gasteiger partial charge < -0.3 is 5.11 Å². The summed E-state index contributed by atoms with van der Waals surface area (Å²) >= 11 is 0. The number of aromatic carboxylic acids is 1. The maximum absolute atomic E-state index is 12.9. The minimum Gasteiger partial charge on any atom is -0.477 e. The second-order valence-corrected chi connectivity index (χ2v) is 2.48. The fourth-order valence-electron chi connectivity index (χ4n) is 0.918. The molecule has 0 saturated heterocycles. The lowest BCUT2D eigenvalue weighted by Gasteiger charge is -2.03. The highest BCUT2D eigenvalue weighted by Crippen LogP contribution is 2.19. The van der Waals surface area contributed by atoms with Crippen LogP contribution in [0.4, 0.5) is 13.2 Å². The minimum atomic E-state index is -1.82. The van der Waals surface area contributed by atoms with Crippen molar-refractivity contribution < 1.29 is 23.1 Å².